The molecule has 5 aromatic rings. The van der Waals surface area contributed by atoms with Crippen molar-refractivity contribution in [1.82, 2.24) is 24.9 Å². The Morgan fingerprint density at radius 1 is 0.929 bits per heavy atom. The number of pyridine rings is 1. The number of aromatic nitrogens is 4. The van der Waals surface area contributed by atoms with Crippen molar-refractivity contribution in [2.45, 2.75) is 12.7 Å². The molecular formula is C30H28N8O4. The number of hydrogen-bond acceptors (Lipinski definition) is 10. The number of nitrogens with zero attached hydrogens (tertiary/aromatic N) is 7. The molecule has 12 heteroatoms. The van der Waals surface area contributed by atoms with Crippen LogP contribution in [-0.2, 0) is 6.54 Å². The first-order valence-corrected chi connectivity index (χ1v) is 13.7. The fourth-order valence-electron chi connectivity index (χ4n) is 5.52. The maximum atomic E-state index is 12.4. The molecule has 1 atom stereocenters. The minimum Gasteiger partial charge on any atom is -0.454 e. The summed E-state index contributed by atoms with van der Waals surface area (Å²) in [6.07, 6.45) is 1.12. The van der Waals surface area contributed by atoms with E-state index in [0.717, 1.165) is 47.7 Å². The average molecular weight is 565 g/mol. The first-order chi connectivity index (χ1) is 20.6. The first kappa shape index (κ1) is 25.7. The quantitative estimate of drug-likeness (QED) is 0.214. The minimum atomic E-state index is -0.571. The van der Waals surface area contributed by atoms with Crippen LogP contribution in [0.4, 0.5) is 17.2 Å². The number of benzene rings is 3. The second-order valence-electron chi connectivity index (χ2n) is 10.2. The highest BCUT2D eigenvalue weighted by molar-refractivity contribution is 5.74. The Hall–Kier alpha value is -5.23. The van der Waals surface area contributed by atoms with Gasteiger partial charge in [0.1, 0.15) is 23.2 Å². The molecule has 0 spiro atoms. The van der Waals surface area contributed by atoms with Crippen LogP contribution in [0.1, 0.15) is 17.3 Å². The van der Waals surface area contributed by atoms with Gasteiger partial charge >= 0.3 is 0 Å². The van der Waals surface area contributed by atoms with Gasteiger partial charge in [0.2, 0.25) is 6.79 Å². The minimum absolute atomic E-state index is 0.0500. The lowest BCUT2D eigenvalue weighted by Gasteiger charge is -2.36. The second-order valence-corrected chi connectivity index (χ2v) is 10.2. The number of para-hydroxylation sites is 1. The van der Waals surface area contributed by atoms with Crippen molar-refractivity contribution in [3.63, 3.8) is 0 Å². The maximum Gasteiger partial charge on any atom is 0.292 e. The number of nitrogens with one attached hydrogen (secondary N) is 1. The average Bonchev–Trinajstić information content (AvgIpc) is 3.68. The van der Waals surface area contributed by atoms with Crippen molar-refractivity contribution in [1.29, 1.82) is 0 Å². The molecule has 2 aromatic heterocycles. The highest BCUT2D eigenvalue weighted by Crippen LogP contribution is 2.35. The summed E-state index contributed by atoms with van der Waals surface area (Å²) < 4.78 is 12.7. The summed E-state index contributed by atoms with van der Waals surface area (Å²) in [5.41, 5.74) is 4.01. The normalized spacial score (nSPS) is 15.6. The van der Waals surface area contributed by atoms with Gasteiger partial charge < -0.3 is 19.7 Å². The van der Waals surface area contributed by atoms with E-state index < -0.39 is 6.17 Å². The smallest absolute Gasteiger partial charge is 0.292 e. The van der Waals surface area contributed by atoms with Gasteiger partial charge in [-0.05, 0) is 48.0 Å². The number of piperazine rings is 1. The van der Waals surface area contributed by atoms with E-state index in [-0.39, 0.29) is 17.4 Å². The third-order valence-corrected chi connectivity index (χ3v) is 7.64. The molecule has 0 bridgehead atoms. The summed E-state index contributed by atoms with van der Waals surface area (Å²) in [5, 5.41) is 24.5. The fourth-order valence-corrected chi connectivity index (χ4v) is 5.52. The lowest BCUT2D eigenvalue weighted by molar-refractivity contribution is -0.384. The van der Waals surface area contributed by atoms with Crippen LogP contribution < -0.4 is 19.7 Å². The molecule has 2 aliphatic rings. The zero-order valence-electron chi connectivity index (χ0n) is 22.7. The third kappa shape index (κ3) is 5.03. The number of fused-ring (bicyclic) bond motifs is 2. The van der Waals surface area contributed by atoms with Crippen LogP contribution in [-0.4, -0.2) is 62.8 Å². The molecule has 0 aliphatic carbocycles. The van der Waals surface area contributed by atoms with Crippen LogP contribution in [0.5, 0.6) is 11.5 Å². The molecule has 0 saturated carbocycles. The van der Waals surface area contributed by atoms with E-state index in [1.807, 2.05) is 66.7 Å². The van der Waals surface area contributed by atoms with Crippen molar-refractivity contribution < 1.29 is 14.4 Å². The standard InChI is InChI=1S/C30H28N8O4/c39-38(40)26-18-22(30(32-29-7-3-4-12-31-29)37-24-6-2-1-5-23(24)33-34-37)9-10-25(26)36-15-13-35(14-16-36)19-21-8-11-27-28(17-21)42-20-41-27/h1-12,17-18,30H,13-16,19-20H2,(H,31,32)/t30-/m0/s1. The molecular weight excluding hydrogens is 536 g/mol. The van der Waals surface area contributed by atoms with Crippen LogP contribution in [0.2, 0.25) is 0 Å². The van der Waals surface area contributed by atoms with Gasteiger partial charge in [0.15, 0.2) is 11.5 Å². The number of ether oxygens (including phenoxy) is 2. The van der Waals surface area contributed by atoms with E-state index in [1.165, 1.54) is 0 Å². The van der Waals surface area contributed by atoms with Crippen molar-refractivity contribution in [3.05, 3.63) is 106 Å². The van der Waals surface area contributed by atoms with Gasteiger partial charge in [-0.15, -0.1) is 5.10 Å². The van der Waals surface area contributed by atoms with Crippen molar-refractivity contribution >= 4 is 28.2 Å². The van der Waals surface area contributed by atoms with E-state index in [4.69, 9.17) is 9.47 Å². The number of rotatable bonds is 8. The van der Waals surface area contributed by atoms with E-state index in [2.05, 4.69) is 36.5 Å². The Bertz CT molecular complexity index is 1740. The molecule has 42 heavy (non-hydrogen) atoms. The molecule has 1 fully saturated rings. The fraction of sp³-hybridized carbons (Fsp3) is 0.233. The van der Waals surface area contributed by atoms with Gasteiger partial charge in [-0.3, -0.25) is 15.0 Å². The molecule has 3 aromatic carbocycles. The number of hydrogen-bond donors (Lipinski definition) is 1. The number of nitro benzene ring substituents is 1. The lowest BCUT2D eigenvalue weighted by Crippen LogP contribution is -2.46. The Morgan fingerprint density at radius 2 is 1.76 bits per heavy atom. The summed E-state index contributed by atoms with van der Waals surface area (Å²) in [7, 11) is 0. The van der Waals surface area contributed by atoms with Crippen LogP contribution in [0.15, 0.2) is 85.1 Å². The molecule has 12 nitrogen and oxygen atoms in total. The molecule has 4 heterocycles. The third-order valence-electron chi connectivity index (χ3n) is 7.64. The topological polar surface area (TPSA) is 124 Å². The van der Waals surface area contributed by atoms with Gasteiger partial charge in [0.25, 0.3) is 5.69 Å². The second kappa shape index (κ2) is 11.0. The zero-order valence-corrected chi connectivity index (χ0v) is 22.7. The monoisotopic (exact) mass is 564 g/mol. The summed E-state index contributed by atoms with van der Waals surface area (Å²) in [5.74, 6) is 2.16. The molecule has 1 saturated heterocycles. The van der Waals surface area contributed by atoms with Gasteiger partial charge in [-0.1, -0.05) is 35.5 Å². The van der Waals surface area contributed by atoms with Gasteiger partial charge in [0.05, 0.1) is 10.4 Å². The summed E-state index contributed by atoms with van der Waals surface area (Å²) in [6, 6.07) is 24.6. The molecule has 0 unspecified atom stereocenters. The molecule has 212 valence electrons. The summed E-state index contributed by atoms with van der Waals surface area (Å²) in [4.78, 5) is 20.9. The largest absolute Gasteiger partial charge is 0.454 e. The molecule has 2 aliphatic heterocycles. The summed E-state index contributed by atoms with van der Waals surface area (Å²) in [6.45, 7) is 3.94. The van der Waals surface area contributed by atoms with Crippen LogP contribution >= 0.6 is 0 Å². The summed E-state index contributed by atoms with van der Waals surface area (Å²) >= 11 is 0. The van der Waals surface area contributed by atoms with Crippen LogP contribution in [0.25, 0.3) is 11.0 Å². The van der Waals surface area contributed by atoms with Crippen molar-refractivity contribution in [2.75, 3.05) is 43.2 Å². The van der Waals surface area contributed by atoms with Gasteiger partial charge in [-0.2, -0.15) is 0 Å². The zero-order chi connectivity index (χ0) is 28.5. The molecule has 0 amide bonds. The first-order valence-electron chi connectivity index (χ1n) is 13.7. The van der Waals surface area contributed by atoms with Crippen LogP contribution in [0, 0.1) is 10.1 Å². The Balaban J connectivity index is 1.14. The van der Waals surface area contributed by atoms with E-state index in [1.54, 1.807) is 16.9 Å². The number of anilines is 2. The Kier molecular flexibility index (Phi) is 6.72. The Labute approximate surface area is 241 Å². The molecule has 7 rings (SSSR count). The van der Waals surface area contributed by atoms with Crippen molar-refractivity contribution in [2.24, 2.45) is 0 Å². The lowest BCUT2D eigenvalue weighted by atomic mass is 10.1. The highest BCUT2D eigenvalue weighted by Gasteiger charge is 2.27. The maximum absolute atomic E-state index is 12.4. The number of nitro groups is 1. The van der Waals surface area contributed by atoms with Gasteiger partial charge in [-0.25, -0.2) is 9.67 Å². The Morgan fingerprint density at radius 3 is 2.60 bits per heavy atom. The SMILES string of the molecule is O=[N+]([O-])c1cc([C@@H](Nc2ccccn2)n2nnc3ccccc32)ccc1N1CCN(Cc2ccc3c(c2)OCO3)CC1. The van der Waals surface area contributed by atoms with Crippen LogP contribution in [0.3, 0.4) is 0 Å². The predicted octanol–water partition coefficient (Wildman–Crippen LogP) is 4.44. The van der Waals surface area contributed by atoms with E-state index in [9.17, 15) is 10.1 Å². The predicted molar refractivity (Wildman–Crippen MR) is 157 cm³/mol. The van der Waals surface area contributed by atoms with Crippen molar-refractivity contribution in [3.8, 4) is 11.5 Å². The van der Waals surface area contributed by atoms with Gasteiger partial charge in [0, 0.05) is 50.6 Å². The van der Waals surface area contributed by atoms with E-state index in [0.29, 0.717) is 30.2 Å². The molecule has 0 radical (unpaired) electrons. The van der Waals surface area contributed by atoms with E-state index >= 15 is 0 Å². The highest BCUT2D eigenvalue weighted by atomic mass is 16.7. The molecule has 1 N–H and O–H groups in total.